The third kappa shape index (κ3) is 11.5. The Morgan fingerprint density at radius 3 is 1.45 bits per heavy atom. The molecule has 9 nitrogen and oxygen atoms in total. The molecule has 1 aliphatic heterocycles. The topological polar surface area (TPSA) is 102 Å². The van der Waals surface area contributed by atoms with Crippen LogP contribution in [0.3, 0.4) is 0 Å². The van der Waals surface area contributed by atoms with Crippen molar-refractivity contribution in [1.29, 1.82) is 0 Å². The van der Waals surface area contributed by atoms with Gasteiger partial charge in [-0.3, -0.25) is 10.1 Å². The van der Waals surface area contributed by atoms with E-state index in [0.717, 1.165) is 22.3 Å². The minimum absolute atomic E-state index is 0.0412. The van der Waals surface area contributed by atoms with Crippen molar-refractivity contribution in [3.8, 4) is 0 Å². The van der Waals surface area contributed by atoms with E-state index in [1.807, 2.05) is 127 Å². The Morgan fingerprint density at radius 1 is 0.592 bits per heavy atom. The SMILES string of the molecule is O=C(NC(=O)C(Cl)(Cl)Cl)OC1O[C@H](COCc2ccccc2)[C@@H](OCc2ccccc2)[C@H](OCc2ccccc2)[C@@H]1OCc1ccccc1. The van der Waals surface area contributed by atoms with E-state index in [2.05, 4.69) is 0 Å². The number of carbonyl (C=O) groups is 2. The third-order valence-corrected chi connectivity index (χ3v) is 8.05. The number of amides is 2. The first-order valence-electron chi connectivity index (χ1n) is 15.6. The number of ether oxygens (including phenoxy) is 6. The van der Waals surface area contributed by atoms with Gasteiger partial charge in [-0.2, -0.15) is 0 Å². The highest BCUT2D eigenvalue weighted by molar-refractivity contribution is 6.76. The van der Waals surface area contributed by atoms with E-state index in [4.69, 9.17) is 63.2 Å². The van der Waals surface area contributed by atoms with E-state index < -0.39 is 46.5 Å². The molecule has 1 aliphatic rings. The molecule has 4 aromatic rings. The molecule has 0 aliphatic carbocycles. The number of alkyl carbamates (subject to hydrolysis) is 1. The van der Waals surface area contributed by atoms with E-state index >= 15 is 0 Å². The summed E-state index contributed by atoms with van der Waals surface area (Å²) in [4.78, 5) is 25.3. The molecule has 5 atom stereocenters. The van der Waals surface area contributed by atoms with Gasteiger partial charge in [-0.1, -0.05) is 156 Å². The molecule has 0 radical (unpaired) electrons. The molecule has 12 heteroatoms. The first-order chi connectivity index (χ1) is 23.8. The molecule has 0 spiro atoms. The maximum atomic E-state index is 13.0. The second kappa shape index (κ2) is 18.5. The molecule has 1 N–H and O–H groups in total. The lowest BCUT2D eigenvalue weighted by Gasteiger charge is -2.45. The number of benzene rings is 4. The summed E-state index contributed by atoms with van der Waals surface area (Å²) >= 11 is 17.0. The largest absolute Gasteiger partial charge is 0.416 e. The van der Waals surface area contributed by atoms with Crippen LogP contribution in [0.2, 0.25) is 0 Å². The highest BCUT2D eigenvalue weighted by Crippen LogP contribution is 2.32. The van der Waals surface area contributed by atoms with Crippen LogP contribution in [0.1, 0.15) is 22.3 Å². The molecule has 258 valence electrons. The lowest BCUT2D eigenvalue weighted by molar-refractivity contribution is -0.315. The molecule has 1 unspecified atom stereocenters. The smallest absolute Gasteiger partial charge is 0.416 e. The summed E-state index contributed by atoms with van der Waals surface area (Å²) in [6, 6.07) is 38.4. The highest BCUT2D eigenvalue weighted by Gasteiger charge is 2.50. The summed E-state index contributed by atoms with van der Waals surface area (Å²) in [7, 11) is 0. The number of alkyl halides is 3. The maximum Gasteiger partial charge on any atom is 0.416 e. The van der Waals surface area contributed by atoms with E-state index in [1.165, 1.54) is 0 Å². The van der Waals surface area contributed by atoms with Crippen LogP contribution in [-0.4, -0.2) is 53.1 Å². The fourth-order valence-electron chi connectivity index (χ4n) is 5.14. The van der Waals surface area contributed by atoms with Crippen molar-refractivity contribution in [3.05, 3.63) is 144 Å². The average Bonchev–Trinajstić information content (AvgIpc) is 3.11. The molecule has 0 aromatic heterocycles. The minimum Gasteiger partial charge on any atom is -0.416 e. The zero-order valence-electron chi connectivity index (χ0n) is 26.4. The van der Waals surface area contributed by atoms with Crippen LogP contribution in [0.15, 0.2) is 121 Å². The molecular weight excluding hydrogens is 693 g/mol. The number of hydrogen-bond donors (Lipinski definition) is 1. The zero-order chi connectivity index (χ0) is 34.5. The number of imide groups is 1. The van der Waals surface area contributed by atoms with Gasteiger partial charge in [-0.15, -0.1) is 0 Å². The van der Waals surface area contributed by atoms with Crippen LogP contribution < -0.4 is 5.32 Å². The van der Waals surface area contributed by atoms with Gasteiger partial charge in [0.25, 0.3) is 9.70 Å². The molecule has 1 fully saturated rings. The quantitative estimate of drug-likeness (QED) is 0.135. The predicted molar refractivity (Wildman–Crippen MR) is 185 cm³/mol. The Hall–Kier alpha value is -3.51. The normalized spacial score (nSPS) is 20.8. The first kappa shape index (κ1) is 36.8. The first-order valence-corrected chi connectivity index (χ1v) is 16.7. The summed E-state index contributed by atoms with van der Waals surface area (Å²) < 4.78 is 35.3. The van der Waals surface area contributed by atoms with Gasteiger partial charge >= 0.3 is 6.09 Å². The standard InChI is InChI=1S/C37H36Cl3NO8/c38-37(39,40)35(42)41-36(43)49-34-33(47-24-29-19-11-4-12-20-29)32(46-23-28-17-9-3-10-18-28)31(45-22-27-15-7-2-8-16-27)30(48-34)25-44-21-26-13-5-1-6-14-26/h1-20,30-34H,21-25H2,(H,41,42,43)/t30-,31-,32+,33+,34?/m1/s1. The second-order valence-electron chi connectivity index (χ2n) is 11.2. The van der Waals surface area contributed by atoms with Gasteiger partial charge in [0.2, 0.25) is 6.29 Å². The van der Waals surface area contributed by atoms with Crippen molar-refractivity contribution in [3.63, 3.8) is 0 Å². The molecule has 4 aromatic carbocycles. The lowest BCUT2D eigenvalue weighted by Crippen LogP contribution is -2.62. The molecule has 0 bridgehead atoms. The van der Waals surface area contributed by atoms with Crippen LogP contribution >= 0.6 is 34.8 Å². The van der Waals surface area contributed by atoms with Gasteiger partial charge in [0.05, 0.1) is 33.0 Å². The summed E-state index contributed by atoms with van der Waals surface area (Å²) in [5, 5.41) is 1.94. The Labute approximate surface area is 300 Å². The third-order valence-electron chi connectivity index (χ3n) is 7.54. The number of halogens is 3. The molecule has 1 saturated heterocycles. The number of nitrogens with one attached hydrogen (secondary N) is 1. The van der Waals surface area contributed by atoms with Crippen LogP contribution in [-0.2, 0) is 59.6 Å². The van der Waals surface area contributed by atoms with E-state index in [-0.39, 0.29) is 26.4 Å². The Bertz CT molecular complexity index is 1580. The van der Waals surface area contributed by atoms with Gasteiger partial charge in [-0.05, 0) is 22.3 Å². The highest BCUT2D eigenvalue weighted by atomic mass is 35.6. The number of rotatable bonds is 14. The summed E-state index contributed by atoms with van der Waals surface area (Å²) in [5.41, 5.74) is 3.64. The van der Waals surface area contributed by atoms with Gasteiger partial charge in [0.1, 0.15) is 24.4 Å². The maximum absolute atomic E-state index is 13.0. The van der Waals surface area contributed by atoms with Crippen LogP contribution in [0, 0.1) is 0 Å². The van der Waals surface area contributed by atoms with Crippen molar-refractivity contribution < 1.29 is 38.0 Å². The van der Waals surface area contributed by atoms with E-state index in [1.54, 1.807) is 0 Å². The van der Waals surface area contributed by atoms with Gasteiger partial charge < -0.3 is 28.4 Å². The molecule has 49 heavy (non-hydrogen) atoms. The van der Waals surface area contributed by atoms with Crippen molar-refractivity contribution >= 4 is 46.8 Å². The monoisotopic (exact) mass is 727 g/mol. The Balaban J connectivity index is 1.46. The van der Waals surface area contributed by atoms with Crippen LogP contribution in [0.25, 0.3) is 0 Å². The minimum atomic E-state index is -2.40. The number of hydrogen-bond acceptors (Lipinski definition) is 8. The molecular formula is C37H36Cl3NO8. The lowest BCUT2D eigenvalue weighted by atomic mass is 9.97. The Kier molecular flexibility index (Phi) is 13.9. The van der Waals surface area contributed by atoms with Gasteiger partial charge in [0.15, 0.2) is 0 Å². The van der Waals surface area contributed by atoms with Gasteiger partial charge in [-0.25, -0.2) is 4.79 Å². The van der Waals surface area contributed by atoms with Crippen molar-refractivity contribution in [2.45, 2.75) is 60.9 Å². The van der Waals surface area contributed by atoms with Gasteiger partial charge in [0, 0.05) is 0 Å². The fourth-order valence-corrected chi connectivity index (χ4v) is 5.28. The average molecular weight is 729 g/mol. The van der Waals surface area contributed by atoms with E-state index in [9.17, 15) is 9.59 Å². The van der Waals surface area contributed by atoms with Crippen molar-refractivity contribution in [2.24, 2.45) is 0 Å². The Morgan fingerprint density at radius 2 is 1.00 bits per heavy atom. The molecule has 2 amide bonds. The molecule has 1 heterocycles. The summed E-state index contributed by atoms with van der Waals surface area (Å²) in [6.45, 7) is 0.864. The van der Waals surface area contributed by atoms with E-state index in [0.29, 0.717) is 6.61 Å². The fraction of sp³-hybridized carbons (Fsp3) is 0.297. The number of carbonyl (C=O) groups excluding carboxylic acids is 2. The molecule has 5 rings (SSSR count). The summed E-state index contributed by atoms with van der Waals surface area (Å²) in [5.74, 6) is -1.19. The zero-order valence-corrected chi connectivity index (χ0v) is 28.6. The molecule has 0 saturated carbocycles. The van der Waals surface area contributed by atoms with Crippen LogP contribution in [0.5, 0.6) is 0 Å². The van der Waals surface area contributed by atoms with Crippen molar-refractivity contribution in [2.75, 3.05) is 6.61 Å². The van der Waals surface area contributed by atoms with Crippen molar-refractivity contribution in [1.82, 2.24) is 5.32 Å². The second-order valence-corrected chi connectivity index (χ2v) is 13.5. The van der Waals surface area contributed by atoms with Crippen LogP contribution in [0.4, 0.5) is 4.79 Å². The predicted octanol–water partition coefficient (Wildman–Crippen LogP) is 7.31. The summed E-state index contributed by atoms with van der Waals surface area (Å²) in [6.07, 6.45) is -6.06.